The van der Waals surface area contributed by atoms with Crippen LogP contribution in [0.4, 0.5) is 24.9 Å². The van der Waals surface area contributed by atoms with Gasteiger partial charge in [0, 0.05) is 50.2 Å². The van der Waals surface area contributed by atoms with Gasteiger partial charge in [0.2, 0.25) is 5.95 Å². The Morgan fingerprint density at radius 2 is 1.73 bits per heavy atom. The van der Waals surface area contributed by atoms with Crippen molar-refractivity contribution in [1.82, 2.24) is 24.4 Å². The van der Waals surface area contributed by atoms with E-state index in [-0.39, 0.29) is 17.6 Å². The molecule has 4 heterocycles. The summed E-state index contributed by atoms with van der Waals surface area (Å²) in [5.41, 5.74) is 2.71. The zero-order chi connectivity index (χ0) is 33.5. The van der Waals surface area contributed by atoms with Gasteiger partial charge in [0.25, 0.3) is 0 Å². The highest BCUT2D eigenvalue weighted by atomic mass is 19.4. The van der Waals surface area contributed by atoms with Crippen LogP contribution < -0.4 is 19.1 Å². The van der Waals surface area contributed by atoms with Crippen molar-refractivity contribution in [3.05, 3.63) is 100 Å². The number of benzene rings is 3. The maximum Gasteiger partial charge on any atom is 0.573 e. The number of aromatic nitrogens is 4. The van der Waals surface area contributed by atoms with Crippen LogP contribution in [0.5, 0.6) is 17.5 Å². The predicted molar refractivity (Wildman–Crippen MR) is 169 cm³/mol. The third-order valence-corrected chi connectivity index (χ3v) is 8.62. The van der Waals surface area contributed by atoms with Gasteiger partial charge in [0.05, 0.1) is 17.6 Å². The molecule has 1 saturated heterocycles. The average molecular weight is 664 g/mol. The quantitative estimate of drug-likeness (QED) is 0.147. The van der Waals surface area contributed by atoms with Crippen LogP contribution >= 0.6 is 0 Å². The van der Waals surface area contributed by atoms with E-state index in [2.05, 4.69) is 24.5 Å². The first-order valence-electron chi connectivity index (χ1n) is 15.4. The van der Waals surface area contributed by atoms with Crippen LogP contribution in [0.15, 0.2) is 79.0 Å². The molecule has 2 atom stereocenters. The van der Waals surface area contributed by atoms with Crippen LogP contribution in [0.3, 0.4) is 0 Å². The molecular formula is C33H32F3N7O5. The van der Waals surface area contributed by atoms with Gasteiger partial charge < -0.3 is 34.2 Å². The minimum absolute atomic E-state index is 0.188. The average Bonchev–Trinajstić information content (AvgIpc) is 3.74. The van der Waals surface area contributed by atoms with Crippen molar-refractivity contribution in [3.63, 3.8) is 0 Å². The fourth-order valence-electron chi connectivity index (χ4n) is 6.16. The number of H-pyrrole nitrogens is 1. The number of piperazine rings is 1. The molecular weight excluding hydrogens is 631 g/mol. The molecule has 0 spiro atoms. The number of fused-ring (bicyclic) bond motifs is 2. The summed E-state index contributed by atoms with van der Waals surface area (Å²) in [6, 6.07) is 21.7. The largest absolute Gasteiger partial charge is 0.573 e. The molecule has 0 amide bonds. The second-order valence-electron chi connectivity index (χ2n) is 12.2. The molecule has 2 aliphatic heterocycles. The van der Waals surface area contributed by atoms with Gasteiger partial charge in [-0.25, -0.2) is 4.98 Å². The Hall–Kier alpha value is -5.31. The smallest absolute Gasteiger partial charge is 0.486 e. The van der Waals surface area contributed by atoms with Gasteiger partial charge in [-0.05, 0) is 47.2 Å². The van der Waals surface area contributed by atoms with E-state index in [0.717, 1.165) is 54.3 Å². The fourth-order valence-corrected chi connectivity index (χ4v) is 6.16. The molecule has 0 aliphatic carbocycles. The number of rotatable bonds is 10. The molecule has 48 heavy (non-hydrogen) atoms. The Balaban J connectivity index is 1.02. The fraction of sp³-hybridized carbons (Fsp3) is 0.333. The summed E-state index contributed by atoms with van der Waals surface area (Å²) >= 11 is 0. The summed E-state index contributed by atoms with van der Waals surface area (Å²) in [7, 11) is 0. The number of nitrogens with zero attached hydrogens (tertiary/aromatic N) is 6. The van der Waals surface area contributed by atoms with Gasteiger partial charge in [-0.2, -0.15) is 0 Å². The van der Waals surface area contributed by atoms with Crippen molar-refractivity contribution in [2.45, 2.75) is 44.5 Å². The number of aromatic amines is 1. The summed E-state index contributed by atoms with van der Waals surface area (Å²) in [5, 5.41) is 11.2. The van der Waals surface area contributed by atoms with Crippen LogP contribution in [0.1, 0.15) is 18.1 Å². The molecule has 3 aromatic carbocycles. The van der Waals surface area contributed by atoms with Crippen LogP contribution in [0, 0.1) is 10.1 Å². The highest BCUT2D eigenvalue weighted by Gasteiger charge is 2.47. The topological polar surface area (TPSA) is 124 Å². The standard InChI is InChI=1S/C33H32F3N7O5/c1-32(21-42-20-29(43(44)45)39-31(42)48-32)28(17-22-5-3-2-4-6-22)46-25-11-12-26-27(18-25)38-30(37-26)41-15-13-40(14-16-41)19-23-7-9-24(10-8-23)47-33(34,35)36/h2-12,18,20,28H,13-17,19,21H2,1H3,(H,37,38). The molecule has 0 saturated carbocycles. The van der Waals surface area contributed by atoms with Gasteiger partial charge in [-0.1, -0.05) is 42.5 Å². The first-order chi connectivity index (χ1) is 23.0. The van der Waals surface area contributed by atoms with E-state index in [1.165, 1.54) is 18.3 Å². The van der Waals surface area contributed by atoms with Crippen molar-refractivity contribution in [3.8, 4) is 17.5 Å². The first kappa shape index (κ1) is 31.3. The Labute approximate surface area is 272 Å². The molecule has 1 fully saturated rings. The van der Waals surface area contributed by atoms with Crippen molar-refractivity contribution in [2.24, 2.45) is 0 Å². The number of hydrogen-bond donors (Lipinski definition) is 1. The second-order valence-corrected chi connectivity index (χ2v) is 12.2. The van der Waals surface area contributed by atoms with E-state index < -0.39 is 23.0 Å². The second kappa shape index (κ2) is 12.4. The van der Waals surface area contributed by atoms with E-state index in [9.17, 15) is 23.3 Å². The molecule has 15 heteroatoms. The predicted octanol–water partition coefficient (Wildman–Crippen LogP) is 5.73. The zero-order valence-corrected chi connectivity index (χ0v) is 25.9. The normalized spacial score (nSPS) is 18.8. The van der Waals surface area contributed by atoms with E-state index in [4.69, 9.17) is 14.5 Å². The molecule has 5 aromatic rings. The Morgan fingerprint density at radius 3 is 2.42 bits per heavy atom. The lowest BCUT2D eigenvalue weighted by Gasteiger charge is -2.34. The van der Waals surface area contributed by atoms with Gasteiger partial charge in [0.1, 0.15) is 23.8 Å². The number of hydrogen-bond acceptors (Lipinski definition) is 9. The molecule has 2 aromatic heterocycles. The van der Waals surface area contributed by atoms with E-state index in [0.29, 0.717) is 25.3 Å². The van der Waals surface area contributed by atoms with Crippen molar-refractivity contribution in [1.29, 1.82) is 0 Å². The summed E-state index contributed by atoms with van der Waals surface area (Å²) in [6.45, 7) is 5.83. The summed E-state index contributed by atoms with van der Waals surface area (Å²) in [4.78, 5) is 27.4. The number of nitrogens with one attached hydrogen (secondary N) is 1. The van der Waals surface area contributed by atoms with Gasteiger partial charge in [-0.3, -0.25) is 9.47 Å². The maximum absolute atomic E-state index is 12.5. The summed E-state index contributed by atoms with van der Waals surface area (Å²) in [5.74, 6) is 0.871. The molecule has 2 unspecified atom stereocenters. The molecule has 1 N–H and O–H groups in total. The number of ether oxygens (including phenoxy) is 3. The van der Waals surface area contributed by atoms with Crippen molar-refractivity contribution in [2.75, 3.05) is 31.1 Å². The highest BCUT2D eigenvalue weighted by molar-refractivity contribution is 5.79. The molecule has 12 nitrogen and oxygen atoms in total. The molecule has 0 bridgehead atoms. The Bertz CT molecular complexity index is 1880. The molecule has 2 aliphatic rings. The van der Waals surface area contributed by atoms with Crippen LogP contribution in [0.25, 0.3) is 11.0 Å². The minimum Gasteiger partial charge on any atom is -0.486 e. The zero-order valence-electron chi connectivity index (χ0n) is 25.9. The number of nitro groups is 1. The summed E-state index contributed by atoms with van der Waals surface area (Å²) in [6.07, 6.45) is -3.25. The monoisotopic (exact) mass is 663 g/mol. The van der Waals surface area contributed by atoms with E-state index in [1.54, 1.807) is 16.7 Å². The highest BCUT2D eigenvalue weighted by Crippen LogP contribution is 2.36. The number of anilines is 1. The van der Waals surface area contributed by atoms with E-state index in [1.807, 2.05) is 55.5 Å². The lowest BCUT2D eigenvalue weighted by molar-refractivity contribution is -0.389. The van der Waals surface area contributed by atoms with Crippen LogP contribution in [-0.4, -0.2) is 73.6 Å². The Kier molecular flexibility index (Phi) is 8.07. The molecule has 7 rings (SSSR count). The minimum atomic E-state index is -4.71. The van der Waals surface area contributed by atoms with Crippen molar-refractivity contribution >= 4 is 22.8 Å². The number of imidazole rings is 2. The molecule has 0 radical (unpaired) electrons. The maximum atomic E-state index is 12.5. The van der Waals surface area contributed by atoms with Crippen molar-refractivity contribution < 1.29 is 32.3 Å². The first-order valence-corrected chi connectivity index (χ1v) is 15.4. The van der Waals surface area contributed by atoms with E-state index >= 15 is 0 Å². The lowest BCUT2D eigenvalue weighted by atomic mass is 9.93. The van der Waals surface area contributed by atoms with Crippen LogP contribution in [-0.2, 0) is 19.5 Å². The third-order valence-electron chi connectivity index (χ3n) is 8.62. The number of alkyl halides is 3. The molecule has 250 valence electrons. The van der Waals surface area contributed by atoms with Gasteiger partial charge in [0.15, 0.2) is 5.60 Å². The van der Waals surface area contributed by atoms with Gasteiger partial charge in [-0.15, -0.1) is 13.2 Å². The third kappa shape index (κ3) is 6.86. The van der Waals surface area contributed by atoms with Gasteiger partial charge >= 0.3 is 18.2 Å². The Morgan fingerprint density at radius 1 is 1.00 bits per heavy atom. The summed E-state index contributed by atoms with van der Waals surface area (Å²) < 4.78 is 55.8. The lowest BCUT2D eigenvalue weighted by Crippen LogP contribution is -2.49. The SMILES string of the molecule is CC1(C(Cc2ccccc2)Oc2ccc3nc(N4CCN(Cc5ccc(OC(F)(F)F)cc5)CC4)[nH]c3c2)Cn2cc([N+](=O)[O-])nc2O1. The number of halogens is 3. The van der Waals surface area contributed by atoms with Crippen LogP contribution in [0.2, 0.25) is 0 Å².